The van der Waals surface area contributed by atoms with E-state index in [1.807, 2.05) is 62.4 Å². The van der Waals surface area contributed by atoms with Crippen molar-refractivity contribution in [1.29, 1.82) is 0 Å². The lowest BCUT2D eigenvalue weighted by Crippen LogP contribution is -2.56. The lowest BCUT2D eigenvalue weighted by molar-refractivity contribution is -0.133. The number of amides is 5. The summed E-state index contributed by atoms with van der Waals surface area (Å²) in [5, 5.41) is 14.1. The number of carbonyl (C=O) groups is 5. The van der Waals surface area contributed by atoms with Crippen LogP contribution in [0.25, 0.3) is 0 Å². The van der Waals surface area contributed by atoms with Crippen LogP contribution in [0.2, 0.25) is 0 Å². The summed E-state index contributed by atoms with van der Waals surface area (Å²) in [6, 6.07) is 22.1. The van der Waals surface area contributed by atoms with Gasteiger partial charge in [-0.25, -0.2) is 0 Å². The second-order valence-corrected chi connectivity index (χ2v) is 13.2. The predicted octanol–water partition coefficient (Wildman–Crippen LogP) is 3.70. The second kappa shape index (κ2) is 21.1. The number of hydrogen-bond acceptors (Lipinski definition) is 7. The van der Waals surface area contributed by atoms with Gasteiger partial charge in [-0.15, -0.1) is 0 Å². The molecule has 3 aromatic carbocycles. The Morgan fingerprint density at radius 2 is 1.50 bits per heavy atom. The van der Waals surface area contributed by atoms with E-state index in [0.29, 0.717) is 24.7 Å². The minimum Gasteiger partial charge on any atom is -0.493 e. The fourth-order valence-electron chi connectivity index (χ4n) is 5.78. The number of benzene rings is 3. The molecule has 0 aromatic heterocycles. The molecule has 1 aliphatic rings. The minimum atomic E-state index is -1.29. The summed E-state index contributed by atoms with van der Waals surface area (Å²) in [4.78, 5) is 67.9. The Kier molecular flexibility index (Phi) is 16.0. The molecule has 0 radical (unpaired) electrons. The summed E-state index contributed by atoms with van der Waals surface area (Å²) >= 11 is 0. The van der Waals surface area contributed by atoms with Gasteiger partial charge in [0.2, 0.25) is 23.6 Å². The smallest absolute Gasteiger partial charge is 0.255 e. The van der Waals surface area contributed by atoms with Gasteiger partial charge < -0.3 is 36.1 Å². The third kappa shape index (κ3) is 13.4. The molecule has 0 saturated heterocycles. The Hall–Kier alpha value is -5.39. The molecular formula is C40H51N5O7. The van der Waals surface area contributed by atoms with E-state index in [0.717, 1.165) is 31.2 Å². The minimum absolute atomic E-state index is 0.00634. The zero-order valence-electron chi connectivity index (χ0n) is 30.0. The SMILES string of the molecule is CC(C)C[C@@H]1NC(=O)C[C@@H](C(=O)NCCOc2ccccc2)NC(=O)c2ccccc2OCCCCCCNC(=O)[C@H](Cc2ccccc2)NC1=O. The summed E-state index contributed by atoms with van der Waals surface area (Å²) in [6.07, 6.45) is 3.25. The average Bonchev–Trinajstić information content (AvgIpc) is 3.13. The Morgan fingerprint density at radius 1 is 0.808 bits per heavy atom. The maximum atomic E-state index is 13.8. The van der Waals surface area contributed by atoms with E-state index in [2.05, 4.69) is 26.6 Å². The van der Waals surface area contributed by atoms with Gasteiger partial charge in [-0.05, 0) is 55.0 Å². The van der Waals surface area contributed by atoms with Gasteiger partial charge in [-0.2, -0.15) is 0 Å². The van der Waals surface area contributed by atoms with Crippen LogP contribution < -0.4 is 36.1 Å². The van der Waals surface area contributed by atoms with Crippen LogP contribution in [-0.4, -0.2) is 74.0 Å². The Morgan fingerprint density at radius 3 is 2.25 bits per heavy atom. The van der Waals surface area contributed by atoms with Crippen molar-refractivity contribution in [2.24, 2.45) is 5.92 Å². The highest BCUT2D eigenvalue weighted by molar-refractivity contribution is 6.01. The third-order valence-corrected chi connectivity index (χ3v) is 8.46. The summed E-state index contributed by atoms with van der Waals surface area (Å²) in [5.74, 6) is -1.63. The molecule has 0 aliphatic carbocycles. The molecule has 3 atom stereocenters. The molecule has 12 nitrogen and oxygen atoms in total. The van der Waals surface area contributed by atoms with Gasteiger partial charge in [0.25, 0.3) is 5.91 Å². The Balaban J connectivity index is 1.55. The molecule has 278 valence electrons. The molecule has 5 amide bonds. The molecule has 3 aromatic rings. The highest BCUT2D eigenvalue weighted by atomic mass is 16.5. The van der Waals surface area contributed by atoms with E-state index < -0.39 is 48.2 Å². The van der Waals surface area contributed by atoms with E-state index in [1.165, 1.54) is 0 Å². The van der Waals surface area contributed by atoms with Crippen molar-refractivity contribution in [1.82, 2.24) is 26.6 Å². The van der Waals surface area contributed by atoms with Crippen LogP contribution in [-0.2, 0) is 25.6 Å². The van der Waals surface area contributed by atoms with Crippen LogP contribution >= 0.6 is 0 Å². The zero-order chi connectivity index (χ0) is 37.1. The summed E-state index contributed by atoms with van der Waals surface area (Å²) < 4.78 is 11.7. The predicted molar refractivity (Wildman–Crippen MR) is 198 cm³/mol. The van der Waals surface area contributed by atoms with Gasteiger partial charge in [0, 0.05) is 13.0 Å². The molecule has 1 aliphatic heterocycles. The quantitative estimate of drug-likeness (QED) is 0.211. The van der Waals surface area contributed by atoms with Crippen molar-refractivity contribution in [3.8, 4) is 11.5 Å². The van der Waals surface area contributed by atoms with Gasteiger partial charge >= 0.3 is 0 Å². The Bertz CT molecular complexity index is 1600. The van der Waals surface area contributed by atoms with Gasteiger partial charge in [-0.1, -0.05) is 87.4 Å². The molecule has 1 heterocycles. The standard InChI is InChI=1S/C40H51N5O7/c1-28(2)25-32-40(50)45-33(26-29-15-7-5-8-16-29)38(48)41-21-13-3-4-14-23-52-35-20-12-11-19-31(35)37(47)44-34(27-36(46)43-32)39(49)42-22-24-51-30-17-9-6-10-18-30/h5-12,15-20,28,32-34H,3-4,13-14,21-27H2,1-2H3,(H,41,48)(H,42,49)(H,43,46)(H,44,47)(H,45,50)/t32-,33-,34-/m0/s1. The van der Waals surface area contributed by atoms with Crippen molar-refractivity contribution >= 4 is 29.5 Å². The normalized spacial score (nSPS) is 19.7. The Labute approximate surface area is 305 Å². The molecule has 4 rings (SSSR count). The molecule has 0 spiro atoms. The monoisotopic (exact) mass is 713 g/mol. The number of para-hydroxylation sites is 2. The number of carbonyl (C=O) groups excluding carboxylic acids is 5. The molecule has 12 heteroatoms. The largest absolute Gasteiger partial charge is 0.493 e. The van der Waals surface area contributed by atoms with Crippen molar-refractivity contribution < 1.29 is 33.4 Å². The van der Waals surface area contributed by atoms with Gasteiger partial charge in [-0.3, -0.25) is 24.0 Å². The highest BCUT2D eigenvalue weighted by Gasteiger charge is 2.30. The second-order valence-electron chi connectivity index (χ2n) is 13.2. The first kappa shape index (κ1) is 39.4. The molecule has 5 N–H and O–H groups in total. The van der Waals surface area contributed by atoms with Crippen LogP contribution in [0.1, 0.15) is 68.3 Å². The van der Waals surface area contributed by atoms with E-state index in [9.17, 15) is 24.0 Å². The third-order valence-electron chi connectivity index (χ3n) is 8.46. The average molecular weight is 714 g/mol. The van der Waals surface area contributed by atoms with Gasteiger partial charge in [0.15, 0.2) is 0 Å². The number of fused-ring (bicyclic) bond motifs is 1. The van der Waals surface area contributed by atoms with E-state index in [1.54, 1.807) is 36.4 Å². The van der Waals surface area contributed by atoms with Crippen molar-refractivity contribution in [2.45, 2.75) is 76.9 Å². The van der Waals surface area contributed by atoms with Crippen LogP contribution in [0.4, 0.5) is 0 Å². The lowest BCUT2D eigenvalue weighted by atomic mass is 10.0. The molecule has 0 fully saturated rings. The number of rotatable bonds is 9. The van der Waals surface area contributed by atoms with Crippen LogP contribution in [0.15, 0.2) is 84.9 Å². The maximum absolute atomic E-state index is 13.8. The molecule has 0 saturated carbocycles. The van der Waals surface area contributed by atoms with Gasteiger partial charge in [0.05, 0.1) is 25.1 Å². The summed E-state index contributed by atoms with van der Waals surface area (Å²) in [5.41, 5.74) is 1.10. The maximum Gasteiger partial charge on any atom is 0.255 e. The number of nitrogens with one attached hydrogen (secondary N) is 5. The van der Waals surface area contributed by atoms with E-state index in [4.69, 9.17) is 9.47 Å². The first-order chi connectivity index (χ1) is 25.2. The van der Waals surface area contributed by atoms with Crippen molar-refractivity contribution in [3.63, 3.8) is 0 Å². The topological polar surface area (TPSA) is 164 Å². The summed E-state index contributed by atoms with van der Waals surface area (Å²) in [6.45, 7) is 4.92. The number of hydrogen-bond donors (Lipinski definition) is 5. The molecule has 52 heavy (non-hydrogen) atoms. The first-order valence-corrected chi connectivity index (χ1v) is 18.1. The van der Waals surface area contributed by atoms with E-state index >= 15 is 0 Å². The van der Waals surface area contributed by atoms with Crippen molar-refractivity contribution in [3.05, 3.63) is 96.1 Å². The molecule has 0 bridgehead atoms. The van der Waals surface area contributed by atoms with E-state index in [-0.39, 0.29) is 43.4 Å². The fourth-order valence-corrected chi connectivity index (χ4v) is 5.78. The van der Waals surface area contributed by atoms with Crippen LogP contribution in [0.3, 0.4) is 0 Å². The first-order valence-electron chi connectivity index (χ1n) is 18.1. The van der Waals surface area contributed by atoms with Crippen LogP contribution in [0, 0.1) is 5.92 Å². The molecule has 0 unspecified atom stereocenters. The number of ether oxygens (including phenoxy) is 2. The fraction of sp³-hybridized carbons (Fsp3) is 0.425. The van der Waals surface area contributed by atoms with Crippen molar-refractivity contribution in [2.75, 3.05) is 26.3 Å². The highest BCUT2D eigenvalue weighted by Crippen LogP contribution is 2.19. The zero-order valence-corrected chi connectivity index (χ0v) is 30.0. The lowest BCUT2D eigenvalue weighted by Gasteiger charge is -2.25. The molecular weight excluding hydrogens is 662 g/mol. The van der Waals surface area contributed by atoms with Crippen LogP contribution in [0.5, 0.6) is 11.5 Å². The van der Waals surface area contributed by atoms with Gasteiger partial charge in [0.1, 0.15) is 36.2 Å². The summed E-state index contributed by atoms with van der Waals surface area (Å²) in [7, 11) is 0.